The molecule has 24 heavy (non-hydrogen) atoms. The van der Waals surface area contributed by atoms with E-state index in [9.17, 15) is 9.59 Å². The zero-order valence-electron chi connectivity index (χ0n) is 13.0. The van der Waals surface area contributed by atoms with E-state index < -0.39 is 5.76 Å². The Hall–Kier alpha value is -2.67. The van der Waals surface area contributed by atoms with Crippen molar-refractivity contribution in [2.45, 2.75) is 25.9 Å². The van der Waals surface area contributed by atoms with Gasteiger partial charge in [-0.1, -0.05) is 24.3 Å². The van der Waals surface area contributed by atoms with Crippen LogP contribution in [-0.4, -0.2) is 21.7 Å². The lowest BCUT2D eigenvalue weighted by Crippen LogP contribution is -2.39. The summed E-state index contributed by atoms with van der Waals surface area (Å²) < 4.78 is 6.24. The lowest BCUT2D eigenvalue weighted by Gasteiger charge is -2.22. The topological polar surface area (TPSA) is 68.3 Å². The molecule has 1 amide bonds. The molecule has 7 heteroatoms. The van der Waals surface area contributed by atoms with Crippen molar-refractivity contribution < 1.29 is 9.21 Å². The van der Waals surface area contributed by atoms with Crippen molar-refractivity contribution in [3.63, 3.8) is 0 Å². The highest BCUT2D eigenvalue weighted by Crippen LogP contribution is 2.32. The van der Waals surface area contributed by atoms with Crippen molar-refractivity contribution in [2.24, 2.45) is 0 Å². The van der Waals surface area contributed by atoms with Crippen molar-refractivity contribution in [1.29, 1.82) is 0 Å². The molecule has 1 aliphatic rings. The lowest BCUT2D eigenvalue weighted by molar-refractivity contribution is -0.119. The standard InChI is InChI=1S/C17H15N3O3S/c1-11-9-12-5-2-3-6-13(12)20(11)15(21)10-19-17(22)23-16(18-19)14-7-4-8-24-14/h2-8,11H,9-10H2,1H3. The van der Waals surface area contributed by atoms with Crippen LogP contribution in [0.4, 0.5) is 5.69 Å². The van der Waals surface area contributed by atoms with Crippen LogP contribution < -0.4 is 10.7 Å². The summed E-state index contributed by atoms with van der Waals surface area (Å²) in [6.07, 6.45) is 0.816. The first-order valence-electron chi connectivity index (χ1n) is 7.65. The second-order valence-corrected chi connectivity index (χ2v) is 6.70. The van der Waals surface area contributed by atoms with E-state index in [1.165, 1.54) is 11.3 Å². The first-order chi connectivity index (χ1) is 11.6. The Labute approximate surface area is 141 Å². The highest BCUT2D eigenvalue weighted by Gasteiger charge is 2.31. The molecule has 0 N–H and O–H groups in total. The minimum absolute atomic E-state index is 0.0641. The van der Waals surface area contributed by atoms with Gasteiger partial charge in [-0.05, 0) is 36.4 Å². The number of thiophene rings is 1. The molecule has 0 bridgehead atoms. The van der Waals surface area contributed by atoms with E-state index in [1.807, 2.05) is 48.7 Å². The molecule has 0 spiro atoms. The molecule has 0 aliphatic carbocycles. The van der Waals surface area contributed by atoms with Crippen molar-refractivity contribution in [3.05, 3.63) is 57.9 Å². The molecule has 1 aromatic carbocycles. The second-order valence-electron chi connectivity index (χ2n) is 5.75. The number of carbonyl (C=O) groups excluding carboxylic acids is 1. The highest BCUT2D eigenvalue weighted by molar-refractivity contribution is 7.13. The number of hydrogen-bond acceptors (Lipinski definition) is 5. The predicted octanol–water partition coefficient (Wildman–Crippen LogP) is 2.54. The van der Waals surface area contributed by atoms with Gasteiger partial charge in [-0.3, -0.25) is 4.79 Å². The fourth-order valence-electron chi connectivity index (χ4n) is 3.06. The Bertz CT molecular complexity index is 942. The van der Waals surface area contributed by atoms with E-state index in [0.717, 1.165) is 27.2 Å². The van der Waals surface area contributed by atoms with Crippen LogP contribution in [0.3, 0.4) is 0 Å². The average Bonchev–Trinajstić information content (AvgIpc) is 3.26. The number of para-hydroxylation sites is 1. The van der Waals surface area contributed by atoms with Gasteiger partial charge in [0.15, 0.2) is 0 Å². The Morgan fingerprint density at radius 2 is 2.17 bits per heavy atom. The first kappa shape index (κ1) is 14.9. The third kappa shape index (κ3) is 2.46. The lowest BCUT2D eigenvalue weighted by atomic mass is 10.1. The van der Waals surface area contributed by atoms with Crippen molar-refractivity contribution in [3.8, 4) is 10.8 Å². The van der Waals surface area contributed by atoms with E-state index in [4.69, 9.17) is 4.42 Å². The Morgan fingerprint density at radius 3 is 2.96 bits per heavy atom. The molecule has 1 unspecified atom stereocenters. The maximum atomic E-state index is 12.7. The maximum Gasteiger partial charge on any atom is 0.437 e. The molecule has 6 nitrogen and oxygen atoms in total. The summed E-state index contributed by atoms with van der Waals surface area (Å²) in [5.41, 5.74) is 2.05. The van der Waals surface area contributed by atoms with Crippen molar-refractivity contribution in [2.75, 3.05) is 4.90 Å². The predicted molar refractivity (Wildman–Crippen MR) is 91.2 cm³/mol. The third-order valence-corrected chi connectivity index (χ3v) is 4.96. The maximum absolute atomic E-state index is 12.7. The number of amides is 1. The highest BCUT2D eigenvalue weighted by atomic mass is 32.1. The largest absolute Gasteiger partial charge is 0.437 e. The fourth-order valence-corrected chi connectivity index (χ4v) is 3.70. The number of hydrogen-bond donors (Lipinski definition) is 0. The van der Waals surface area contributed by atoms with Gasteiger partial charge in [-0.15, -0.1) is 16.4 Å². The summed E-state index contributed by atoms with van der Waals surface area (Å²) in [7, 11) is 0. The van der Waals surface area contributed by atoms with Gasteiger partial charge in [0.05, 0.1) is 4.88 Å². The minimum Gasteiger partial charge on any atom is -0.387 e. The van der Waals surface area contributed by atoms with Crippen LogP contribution in [-0.2, 0) is 17.8 Å². The number of carbonyl (C=O) groups is 1. The summed E-state index contributed by atoms with van der Waals surface area (Å²) in [6.45, 7) is 1.87. The van der Waals surface area contributed by atoms with Crippen LogP contribution >= 0.6 is 11.3 Å². The van der Waals surface area contributed by atoms with Gasteiger partial charge in [-0.25, -0.2) is 4.79 Å². The Morgan fingerprint density at radius 1 is 1.33 bits per heavy atom. The molecule has 0 saturated carbocycles. The summed E-state index contributed by atoms with van der Waals surface area (Å²) in [5.74, 6) is -0.537. The summed E-state index contributed by atoms with van der Waals surface area (Å²) in [5, 5.41) is 6.02. The minimum atomic E-state index is -0.619. The molecule has 1 atom stereocenters. The molecular formula is C17H15N3O3S. The van der Waals surface area contributed by atoms with E-state index in [1.54, 1.807) is 4.90 Å². The molecular weight excluding hydrogens is 326 g/mol. The molecule has 3 heterocycles. The molecule has 2 aromatic heterocycles. The Balaban J connectivity index is 1.60. The molecule has 4 rings (SSSR count). The monoisotopic (exact) mass is 341 g/mol. The fraction of sp³-hybridized carbons (Fsp3) is 0.235. The molecule has 0 radical (unpaired) electrons. The van der Waals surface area contributed by atoms with E-state index >= 15 is 0 Å². The molecule has 3 aromatic rings. The first-order valence-corrected chi connectivity index (χ1v) is 8.53. The van der Waals surface area contributed by atoms with Crippen molar-refractivity contribution >= 4 is 22.9 Å². The van der Waals surface area contributed by atoms with Crippen LogP contribution in [0.25, 0.3) is 10.8 Å². The van der Waals surface area contributed by atoms with E-state index in [0.29, 0.717) is 0 Å². The van der Waals surface area contributed by atoms with Gasteiger partial charge >= 0.3 is 5.76 Å². The van der Waals surface area contributed by atoms with Crippen LogP contribution in [0.1, 0.15) is 12.5 Å². The van der Waals surface area contributed by atoms with Gasteiger partial charge in [0.2, 0.25) is 5.91 Å². The smallest absolute Gasteiger partial charge is 0.387 e. The zero-order valence-corrected chi connectivity index (χ0v) is 13.8. The average molecular weight is 341 g/mol. The molecule has 0 saturated heterocycles. The number of benzene rings is 1. The number of rotatable bonds is 3. The Kier molecular flexibility index (Phi) is 3.57. The number of nitrogens with zero attached hydrogens (tertiary/aromatic N) is 3. The molecule has 122 valence electrons. The van der Waals surface area contributed by atoms with E-state index in [2.05, 4.69) is 5.10 Å². The quantitative estimate of drug-likeness (QED) is 0.734. The van der Waals surface area contributed by atoms with E-state index in [-0.39, 0.29) is 24.4 Å². The molecule has 0 fully saturated rings. The van der Waals surface area contributed by atoms with Crippen LogP contribution in [0, 0.1) is 0 Å². The van der Waals surface area contributed by atoms with Gasteiger partial charge in [0.25, 0.3) is 5.89 Å². The van der Waals surface area contributed by atoms with Gasteiger partial charge in [-0.2, -0.15) is 4.68 Å². The van der Waals surface area contributed by atoms with Crippen LogP contribution in [0.15, 0.2) is 51.0 Å². The SMILES string of the molecule is CC1Cc2ccccc2N1C(=O)Cn1nc(-c2cccs2)oc1=O. The van der Waals surface area contributed by atoms with Gasteiger partial charge in [0, 0.05) is 11.7 Å². The van der Waals surface area contributed by atoms with Crippen LogP contribution in [0.2, 0.25) is 0 Å². The normalized spacial score (nSPS) is 16.4. The van der Waals surface area contributed by atoms with Gasteiger partial charge in [0.1, 0.15) is 6.54 Å². The molecule has 1 aliphatic heterocycles. The summed E-state index contributed by atoms with van der Waals surface area (Å²) >= 11 is 1.43. The summed E-state index contributed by atoms with van der Waals surface area (Å²) in [6, 6.07) is 11.6. The van der Waals surface area contributed by atoms with Gasteiger partial charge < -0.3 is 9.32 Å². The number of fused-ring (bicyclic) bond motifs is 1. The summed E-state index contributed by atoms with van der Waals surface area (Å²) in [4.78, 5) is 27.2. The van der Waals surface area contributed by atoms with Crippen molar-refractivity contribution in [1.82, 2.24) is 9.78 Å². The van der Waals surface area contributed by atoms with Crippen LogP contribution in [0.5, 0.6) is 0 Å². The zero-order chi connectivity index (χ0) is 16.7. The number of anilines is 1. The third-order valence-electron chi connectivity index (χ3n) is 4.10. The number of aromatic nitrogens is 2. The second kappa shape index (κ2) is 5.76.